The molecule has 0 saturated carbocycles. The third-order valence-electron chi connectivity index (χ3n) is 3.02. The van der Waals surface area contributed by atoms with Crippen LogP contribution in [0.15, 0.2) is 6.07 Å². The Bertz CT molecular complexity index is 321. The van der Waals surface area contributed by atoms with Crippen LogP contribution in [-0.4, -0.2) is 6.54 Å². The monoisotopic (exact) mass is 279 g/mol. The molecule has 1 aromatic rings. The zero-order chi connectivity index (χ0) is 12.1. The molecular formula is C12H19Cl2NS. The number of nitrogens with one attached hydrogen (secondary N) is 1. The number of halogens is 2. The molecule has 0 amide bonds. The van der Waals surface area contributed by atoms with Crippen LogP contribution in [0.5, 0.6) is 0 Å². The fourth-order valence-corrected chi connectivity index (χ4v) is 3.32. The standard InChI is InChI=1S/C12H19Cl2NS/c1-4-9(5-2)7-15-8(3)10-6-11(13)16-12(10)14/h6,8-9,15H,4-5,7H2,1-3H3. The third-order valence-corrected chi connectivity index (χ3v) is 4.53. The summed E-state index contributed by atoms with van der Waals surface area (Å²) in [6, 6.07) is 2.23. The van der Waals surface area contributed by atoms with E-state index in [4.69, 9.17) is 23.2 Å². The molecule has 1 aromatic heterocycles. The van der Waals surface area contributed by atoms with Crippen molar-refractivity contribution >= 4 is 34.5 Å². The minimum absolute atomic E-state index is 0.275. The number of hydrogen-bond donors (Lipinski definition) is 1. The summed E-state index contributed by atoms with van der Waals surface area (Å²) in [6.07, 6.45) is 2.43. The lowest BCUT2D eigenvalue weighted by Crippen LogP contribution is -2.25. The zero-order valence-electron chi connectivity index (χ0n) is 10.0. The highest BCUT2D eigenvalue weighted by molar-refractivity contribution is 7.20. The van der Waals surface area contributed by atoms with Gasteiger partial charge in [0.1, 0.15) is 0 Å². The lowest BCUT2D eigenvalue weighted by atomic mass is 10.0. The van der Waals surface area contributed by atoms with Crippen molar-refractivity contribution in [3.8, 4) is 0 Å². The van der Waals surface area contributed by atoms with Crippen molar-refractivity contribution in [3.63, 3.8) is 0 Å². The molecule has 1 heterocycles. The molecule has 1 nitrogen and oxygen atoms in total. The van der Waals surface area contributed by atoms with Gasteiger partial charge in [0.15, 0.2) is 0 Å². The summed E-state index contributed by atoms with van der Waals surface area (Å²) < 4.78 is 1.56. The van der Waals surface area contributed by atoms with Crippen molar-refractivity contribution in [2.75, 3.05) is 6.54 Å². The van der Waals surface area contributed by atoms with Crippen molar-refractivity contribution in [3.05, 3.63) is 20.3 Å². The fourth-order valence-electron chi connectivity index (χ4n) is 1.68. The Kier molecular flexibility index (Phi) is 6.12. The van der Waals surface area contributed by atoms with Crippen molar-refractivity contribution < 1.29 is 0 Å². The van der Waals surface area contributed by atoms with Gasteiger partial charge in [0.2, 0.25) is 0 Å². The van der Waals surface area contributed by atoms with E-state index in [0.29, 0.717) is 0 Å². The smallest absolute Gasteiger partial charge is 0.0991 e. The van der Waals surface area contributed by atoms with Gasteiger partial charge < -0.3 is 5.32 Å². The minimum atomic E-state index is 0.275. The minimum Gasteiger partial charge on any atom is -0.310 e. The molecule has 0 aromatic carbocycles. The van der Waals surface area contributed by atoms with E-state index >= 15 is 0 Å². The van der Waals surface area contributed by atoms with Gasteiger partial charge in [-0.3, -0.25) is 0 Å². The van der Waals surface area contributed by atoms with Gasteiger partial charge in [-0.05, 0) is 31.0 Å². The van der Waals surface area contributed by atoms with Gasteiger partial charge in [0.05, 0.1) is 8.67 Å². The van der Waals surface area contributed by atoms with Crippen molar-refractivity contribution in [2.45, 2.75) is 39.7 Å². The van der Waals surface area contributed by atoms with E-state index in [0.717, 1.165) is 26.7 Å². The molecule has 4 heteroatoms. The summed E-state index contributed by atoms with van der Waals surface area (Å²) in [6.45, 7) is 7.63. The molecule has 0 fully saturated rings. The summed E-state index contributed by atoms with van der Waals surface area (Å²) in [4.78, 5) is 0. The highest BCUT2D eigenvalue weighted by Gasteiger charge is 2.14. The molecule has 1 rings (SSSR count). The van der Waals surface area contributed by atoms with Crippen LogP contribution >= 0.6 is 34.5 Å². The lowest BCUT2D eigenvalue weighted by Gasteiger charge is -2.18. The molecule has 0 aliphatic heterocycles. The molecule has 1 atom stereocenters. The van der Waals surface area contributed by atoms with Crippen LogP contribution in [0.3, 0.4) is 0 Å². The molecule has 92 valence electrons. The summed E-state index contributed by atoms with van der Waals surface area (Å²) in [7, 11) is 0. The van der Waals surface area contributed by atoms with Gasteiger partial charge in [-0.15, -0.1) is 11.3 Å². The first-order valence-electron chi connectivity index (χ1n) is 5.76. The quantitative estimate of drug-likeness (QED) is 0.760. The van der Waals surface area contributed by atoms with Gasteiger partial charge in [-0.2, -0.15) is 0 Å². The van der Waals surface area contributed by atoms with Gasteiger partial charge in [-0.1, -0.05) is 49.9 Å². The van der Waals surface area contributed by atoms with Gasteiger partial charge >= 0.3 is 0 Å². The van der Waals surface area contributed by atoms with E-state index < -0.39 is 0 Å². The molecule has 16 heavy (non-hydrogen) atoms. The molecule has 1 N–H and O–H groups in total. The van der Waals surface area contributed by atoms with Crippen LogP contribution in [0.2, 0.25) is 8.67 Å². The molecule has 0 aliphatic carbocycles. The van der Waals surface area contributed by atoms with E-state index in [-0.39, 0.29) is 6.04 Å². The fraction of sp³-hybridized carbons (Fsp3) is 0.667. The number of rotatable bonds is 6. The first-order valence-corrected chi connectivity index (χ1v) is 7.33. The van der Waals surface area contributed by atoms with Crippen LogP contribution in [0, 0.1) is 5.92 Å². The summed E-state index contributed by atoms with van der Waals surface area (Å²) in [5.41, 5.74) is 1.11. The van der Waals surface area contributed by atoms with Crippen LogP contribution in [0.1, 0.15) is 45.2 Å². The Morgan fingerprint density at radius 3 is 2.38 bits per heavy atom. The number of thiophene rings is 1. The second-order valence-corrected chi connectivity index (χ2v) is 6.38. The Morgan fingerprint density at radius 2 is 1.94 bits per heavy atom. The van der Waals surface area contributed by atoms with Crippen molar-refractivity contribution in [2.24, 2.45) is 5.92 Å². The largest absolute Gasteiger partial charge is 0.310 e. The Balaban J connectivity index is 2.52. The van der Waals surface area contributed by atoms with E-state index in [1.807, 2.05) is 6.07 Å². The van der Waals surface area contributed by atoms with Crippen LogP contribution in [0.25, 0.3) is 0 Å². The molecule has 0 spiro atoms. The third kappa shape index (κ3) is 3.92. The maximum absolute atomic E-state index is 6.12. The molecule has 0 saturated heterocycles. The molecular weight excluding hydrogens is 261 g/mol. The van der Waals surface area contributed by atoms with Crippen LogP contribution < -0.4 is 5.32 Å². The maximum atomic E-state index is 6.12. The first-order chi connectivity index (χ1) is 7.58. The van der Waals surface area contributed by atoms with Crippen molar-refractivity contribution in [1.29, 1.82) is 0 Å². The average Bonchev–Trinajstić information content (AvgIpc) is 2.59. The highest BCUT2D eigenvalue weighted by Crippen LogP contribution is 2.34. The molecule has 0 radical (unpaired) electrons. The Labute approximate surface area is 112 Å². The van der Waals surface area contributed by atoms with E-state index in [9.17, 15) is 0 Å². The summed E-state index contributed by atoms with van der Waals surface area (Å²) in [5.74, 6) is 0.746. The highest BCUT2D eigenvalue weighted by atomic mass is 35.5. The van der Waals surface area contributed by atoms with E-state index in [2.05, 4.69) is 26.1 Å². The van der Waals surface area contributed by atoms with Crippen LogP contribution in [-0.2, 0) is 0 Å². The average molecular weight is 280 g/mol. The van der Waals surface area contributed by atoms with Gasteiger partial charge in [-0.25, -0.2) is 0 Å². The normalized spacial score (nSPS) is 13.4. The van der Waals surface area contributed by atoms with Crippen molar-refractivity contribution in [1.82, 2.24) is 5.32 Å². The predicted octanol–water partition coefficient (Wildman–Crippen LogP) is 5.14. The lowest BCUT2D eigenvalue weighted by molar-refractivity contribution is 0.423. The predicted molar refractivity (Wildman–Crippen MR) is 74.8 cm³/mol. The van der Waals surface area contributed by atoms with Gasteiger partial charge in [0, 0.05) is 6.04 Å². The second-order valence-electron chi connectivity index (χ2n) is 4.09. The first kappa shape index (κ1) is 14.3. The molecule has 0 bridgehead atoms. The molecule has 1 unspecified atom stereocenters. The van der Waals surface area contributed by atoms with Crippen LogP contribution in [0.4, 0.5) is 0 Å². The number of hydrogen-bond acceptors (Lipinski definition) is 2. The zero-order valence-corrected chi connectivity index (χ0v) is 12.3. The topological polar surface area (TPSA) is 12.0 Å². The second kappa shape index (κ2) is 6.85. The Hall–Kier alpha value is 0.240. The molecule has 0 aliphatic rings. The van der Waals surface area contributed by atoms with E-state index in [1.54, 1.807) is 0 Å². The summed E-state index contributed by atoms with van der Waals surface area (Å²) in [5, 5.41) is 3.52. The van der Waals surface area contributed by atoms with Gasteiger partial charge in [0.25, 0.3) is 0 Å². The van der Waals surface area contributed by atoms with E-state index in [1.165, 1.54) is 24.2 Å². The Morgan fingerprint density at radius 1 is 1.31 bits per heavy atom. The SMILES string of the molecule is CCC(CC)CNC(C)c1cc(Cl)sc1Cl. The summed E-state index contributed by atoms with van der Waals surface area (Å²) >= 11 is 13.5. The maximum Gasteiger partial charge on any atom is 0.0991 e.